The normalized spacial score (nSPS) is 15.6. The van der Waals surface area contributed by atoms with Crippen LogP contribution in [0.25, 0.3) is 0 Å². The molecule has 28 heavy (non-hydrogen) atoms. The lowest BCUT2D eigenvalue weighted by Gasteiger charge is -2.33. The number of nitrogens with one attached hydrogen (secondary N) is 1. The van der Waals surface area contributed by atoms with E-state index < -0.39 is 6.04 Å². The Balaban J connectivity index is 2.00. The number of thiophene rings is 1. The largest absolute Gasteiger partial charge is 0.495 e. The highest BCUT2D eigenvalue weighted by Crippen LogP contribution is 2.36. The summed E-state index contributed by atoms with van der Waals surface area (Å²) in [4.78, 5) is 28.5. The number of hydrogen-bond acceptors (Lipinski definition) is 4. The van der Waals surface area contributed by atoms with Gasteiger partial charge in [-0.2, -0.15) is 0 Å². The van der Waals surface area contributed by atoms with Gasteiger partial charge < -0.3 is 10.1 Å². The number of para-hydroxylation sites is 2. The van der Waals surface area contributed by atoms with Crippen molar-refractivity contribution in [2.45, 2.75) is 44.2 Å². The fourth-order valence-corrected chi connectivity index (χ4v) is 4.60. The number of anilines is 1. The predicted octanol–water partition coefficient (Wildman–Crippen LogP) is 4.52. The van der Waals surface area contributed by atoms with Gasteiger partial charge in [0.25, 0.3) is 0 Å². The maximum absolute atomic E-state index is 13.4. The minimum absolute atomic E-state index is 0.148. The van der Waals surface area contributed by atoms with Gasteiger partial charge in [-0.15, -0.1) is 22.9 Å². The highest BCUT2D eigenvalue weighted by molar-refractivity contribution is 7.10. The average molecular weight is 421 g/mol. The van der Waals surface area contributed by atoms with Crippen LogP contribution in [0.1, 0.15) is 43.0 Å². The summed E-state index contributed by atoms with van der Waals surface area (Å²) in [7, 11) is 1.55. The minimum Gasteiger partial charge on any atom is -0.495 e. The predicted molar refractivity (Wildman–Crippen MR) is 113 cm³/mol. The van der Waals surface area contributed by atoms with Crippen molar-refractivity contribution in [3.63, 3.8) is 0 Å². The van der Waals surface area contributed by atoms with Crippen LogP contribution in [0.15, 0.2) is 41.8 Å². The van der Waals surface area contributed by atoms with E-state index in [1.54, 1.807) is 19.2 Å². The SMILES string of the molecule is COc1ccccc1N(C(=O)CCl)C(C(=O)NC1CCCCC1)c1cccs1. The number of carbonyl (C=O) groups excluding carboxylic acids is 2. The lowest BCUT2D eigenvalue weighted by molar-refractivity contribution is -0.126. The molecular weight excluding hydrogens is 396 g/mol. The Bertz CT molecular complexity index is 791. The fraction of sp³-hybridized carbons (Fsp3) is 0.429. The van der Waals surface area contributed by atoms with E-state index in [0.29, 0.717) is 11.4 Å². The Hall–Kier alpha value is -2.05. The van der Waals surface area contributed by atoms with E-state index in [1.807, 2.05) is 29.6 Å². The van der Waals surface area contributed by atoms with Gasteiger partial charge in [-0.3, -0.25) is 14.5 Å². The van der Waals surface area contributed by atoms with E-state index in [-0.39, 0.29) is 23.7 Å². The maximum Gasteiger partial charge on any atom is 0.248 e. The standard InChI is InChI=1S/C21H25ClN2O3S/c1-27-17-11-6-5-10-16(17)24(19(25)14-22)20(18-12-7-13-28-18)21(26)23-15-8-3-2-4-9-15/h5-7,10-13,15,20H,2-4,8-9,14H2,1H3,(H,23,26). The van der Waals surface area contributed by atoms with E-state index in [4.69, 9.17) is 16.3 Å². The van der Waals surface area contributed by atoms with Crippen molar-refractivity contribution in [1.29, 1.82) is 0 Å². The summed E-state index contributed by atoms with van der Waals surface area (Å²) in [6.45, 7) is 0. The lowest BCUT2D eigenvalue weighted by Crippen LogP contribution is -2.47. The van der Waals surface area contributed by atoms with Crippen LogP contribution in [0.5, 0.6) is 5.75 Å². The number of carbonyl (C=O) groups is 2. The second-order valence-corrected chi connectivity index (χ2v) is 8.08. The van der Waals surface area contributed by atoms with Crippen molar-refractivity contribution in [2.75, 3.05) is 17.9 Å². The molecule has 1 unspecified atom stereocenters. The molecule has 1 aromatic heterocycles. The molecule has 1 aromatic carbocycles. The van der Waals surface area contributed by atoms with Gasteiger partial charge in [-0.1, -0.05) is 37.5 Å². The molecule has 3 rings (SSSR count). The molecular formula is C21H25ClN2O3S. The fourth-order valence-electron chi connectivity index (χ4n) is 3.66. The molecule has 0 bridgehead atoms. The molecule has 2 amide bonds. The molecule has 1 saturated carbocycles. The van der Waals surface area contributed by atoms with Crippen molar-refractivity contribution >= 4 is 40.4 Å². The van der Waals surface area contributed by atoms with Crippen LogP contribution >= 0.6 is 22.9 Å². The molecule has 0 saturated heterocycles. The van der Waals surface area contributed by atoms with Gasteiger partial charge in [0.1, 0.15) is 17.7 Å². The molecule has 1 aliphatic carbocycles. The monoisotopic (exact) mass is 420 g/mol. The van der Waals surface area contributed by atoms with Crippen LogP contribution in [0, 0.1) is 0 Å². The number of amides is 2. The number of halogens is 1. The Morgan fingerprint density at radius 3 is 2.61 bits per heavy atom. The third-order valence-electron chi connectivity index (χ3n) is 5.00. The van der Waals surface area contributed by atoms with Crippen LogP contribution in [-0.4, -0.2) is 30.8 Å². The second-order valence-electron chi connectivity index (χ2n) is 6.83. The first-order chi connectivity index (χ1) is 13.7. The molecule has 2 aromatic rings. The third-order valence-corrected chi connectivity index (χ3v) is 6.15. The van der Waals surface area contributed by atoms with E-state index in [9.17, 15) is 9.59 Å². The molecule has 0 radical (unpaired) electrons. The molecule has 5 nitrogen and oxygen atoms in total. The highest BCUT2D eigenvalue weighted by atomic mass is 35.5. The molecule has 1 atom stereocenters. The molecule has 0 spiro atoms. The zero-order valence-electron chi connectivity index (χ0n) is 15.9. The van der Waals surface area contributed by atoms with Crippen LogP contribution in [0.2, 0.25) is 0 Å². The van der Waals surface area contributed by atoms with Crippen LogP contribution in [0.4, 0.5) is 5.69 Å². The summed E-state index contributed by atoms with van der Waals surface area (Å²) >= 11 is 7.38. The number of rotatable bonds is 7. The lowest BCUT2D eigenvalue weighted by atomic mass is 9.95. The van der Waals surface area contributed by atoms with E-state index in [0.717, 1.165) is 30.6 Å². The summed E-state index contributed by atoms with van der Waals surface area (Å²) in [5, 5.41) is 5.07. The minimum atomic E-state index is -0.788. The molecule has 0 aliphatic heterocycles. The van der Waals surface area contributed by atoms with Crippen molar-refractivity contribution in [2.24, 2.45) is 0 Å². The average Bonchev–Trinajstić information content (AvgIpc) is 3.26. The molecule has 7 heteroatoms. The Kier molecular flexibility index (Phi) is 7.34. The summed E-state index contributed by atoms with van der Waals surface area (Å²) in [6, 6.07) is 10.3. The van der Waals surface area contributed by atoms with Gasteiger partial charge in [0.05, 0.1) is 12.8 Å². The zero-order chi connectivity index (χ0) is 19.9. The molecule has 1 fully saturated rings. The Morgan fingerprint density at radius 1 is 1.21 bits per heavy atom. The van der Waals surface area contributed by atoms with Gasteiger partial charge in [0.15, 0.2) is 0 Å². The van der Waals surface area contributed by atoms with E-state index >= 15 is 0 Å². The number of hydrogen-bond donors (Lipinski definition) is 1. The van der Waals surface area contributed by atoms with Gasteiger partial charge in [-0.25, -0.2) is 0 Å². The first kappa shape index (κ1) is 20.7. The second kappa shape index (κ2) is 9.94. The van der Waals surface area contributed by atoms with Gasteiger partial charge in [0.2, 0.25) is 11.8 Å². The van der Waals surface area contributed by atoms with Crippen molar-refractivity contribution < 1.29 is 14.3 Å². The van der Waals surface area contributed by atoms with E-state index in [2.05, 4.69) is 5.32 Å². The third kappa shape index (κ3) is 4.67. The summed E-state index contributed by atoms with van der Waals surface area (Å²) < 4.78 is 5.45. The van der Waals surface area contributed by atoms with Gasteiger partial charge in [0, 0.05) is 10.9 Å². The Labute approximate surface area is 174 Å². The zero-order valence-corrected chi connectivity index (χ0v) is 17.5. The quantitative estimate of drug-likeness (QED) is 0.670. The summed E-state index contributed by atoms with van der Waals surface area (Å²) in [5.41, 5.74) is 0.535. The van der Waals surface area contributed by atoms with Crippen LogP contribution in [0.3, 0.4) is 0 Å². The number of alkyl halides is 1. The van der Waals surface area contributed by atoms with Gasteiger partial charge in [-0.05, 0) is 36.4 Å². The summed E-state index contributed by atoms with van der Waals surface area (Å²) in [5.74, 6) is -0.230. The number of ether oxygens (including phenoxy) is 1. The first-order valence-corrected chi connectivity index (χ1v) is 10.9. The van der Waals surface area contributed by atoms with E-state index in [1.165, 1.54) is 22.7 Å². The molecule has 150 valence electrons. The highest BCUT2D eigenvalue weighted by Gasteiger charge is 2.35. The maximum atomic E-state index is 13.4. The first-order valence-electron chi connectivity index (χ1n) is 9.50. The number of methoxy groups -OCH3 is 1. The number of nitrogens with zero attached hydrogens (tertiary/aromatic N) is 1. The van der Waals surface area contributed by atoms with Crippen molar-refractivity contribution in [3.05, 3.63) is 46.7 Å². The van der Waals surface area contributed by atoms with Crippen molar-refractivity contribution in [3.8, 4) is 5.75 Å². The molecule has 1 heterocycles. The topological polar surface area (TPSA) is 58.6 Å². The smallest absolute Gasteiger partial charge is 0.248 e. The van der Waals surface area contributed by atoms with Crippen LogP contribution in [-0.2, 0) is 9.59 Å². The van der Waals surface area contributed by atoms with Crippen molar-refractivity contribution in [1.82, 2.24) is 5.32 Å². The molecule has 1 aliphatic rings. The van der Waals surface area contributed by atoms with Crippen LogP contribution < -0.4 is 15.0 Å². The molecule has 1 N–H and O–H groups in total. The Morgan fingerprint density at radius 2 is 1.96 bits per heavy atom. The summed E-state index contributed by atoms with van der Waals surface area (Å²) in [6.07, 6.45) is 5.39. The number of benzene rings is 1. The van der Waals surface area contributed by atoms with Gasteiger partial charge >= 0.3 is 0 Å².